The van der Waals surface area contributed by atoms with Crippen LogP contribution in [0.3, 0.4) is 0 Å². The molecule has 0 spiro atoms. The summed E-state index contributed by atoms with van der Waals surface area (Å²) in [5.74, 6) is -9.57. The Bertz CT molecular complexity index is 2160. The first kappa shape index (κ1) is 28.3. The second-order valence-electron chi connectivity index (χ2n) is 11.8. The van der Waals surface area contributed by atoms with Crippen molar-refractivity contribution in [1.82, 2.24) is 0 Å². The molecule has 0 aromatic heterocycles. The van der Waals surface area contributed by atoms with Gasteiger partial charge in [-0.25, -0.2) is 22.0 Å². The number of hydrogen-bond acceptors (Lipinski definition) is 0. The molecule has 7 aromatic carbocycles. The molecular formula is C40H24BF5. The second-order valence-corrected chi connectivity index (χ2v) is 11.8. The lowest BCUT2D eigenvalue weighted by Gasteiger charge is -2.21. The van der Waals surface area contributed by atoms with Gasteiger partial charge in [0.25, 0.3) is 0 Å². The maximum Gasteiger partial charge on any atom is 0.200 e. The summed E-state index contributed by atoms with van der Waals surface area (Å²) in [6.45, 7) is -1.06. The topological polar surface area (TPSA) is 0 Å². The highest BCUT2D eigenvalue weighted by atomic mass is 19.2. The van der Waals surface area contributed by atoms with Crippen LogP contribution < -0.4 is 5.46 Å². The second kappa shape index (κ2) is 11.0. The maximum absolute atomic E-state index is 15.7. The summed E-state index contributed by atoms with van der Waals surface area (Å²) in [5.41, 5.74) is 6.13. The van der Waals surface area contributed by atoms with E-state index in [0.717, 1.165) is 66.1 Å². The molecule has 0 unspecified atom stereocenters. The van der Waals surface area contributed by atoms with E-state index in [9.17, 15) is 13.2 Å². The SMILES string of the molecule is Fc1c(F)c(F)c(B2Cc3c(-c4ccccc4)cc4ccccc4c3-c3c(c(-c4ccccc4)cc4ccccc34)C2)c(F)c1F. The third-order valence-corrected chi connectivity index (χ3v) is 9.29. The van der Waals surface area contributed by atoms with E-state index in [1.54, 1.807) is 0 Å². The predicted molar refractivity (Wildman–Crippen MR) is 177 cm³/mol. The van der Waals surface area contributed by atoms with Crippen LogP contribution in [-0.4, -0.2) is 6.71 Å². The highest BCUT2D eigenvalue weighted by Gasteiger charge is 2.37. The van der Waals surface area contributed by atoms with Crippen LogP contribution in [0.4, 0.5) is 22.0 Å². The van der Waals surface area contributed by atoms with Crippen molar-refractivity contribution in [2.75, 3.05) is 0 Å². The first-order valence-corrected chi connectivity index (χ1v) is 15.1. The molecule has 0 atom stereocenters. The Labute approximate surface area is 262 Å². The third kappa shape index (κ3) is 4.35. The summed E-state index contributed by atoms with van der Waals surface area (Å²) in [6, 6.07) is 39.5. The number of benzene rings is 7. The molecule has 0 saturated carbocycles. The third-order valence-electron chi connectivity index (χ3n) is 9.29. The van der Waals surface area contributed by atoms with Gasteiger partial charge in [-0.05, 0) is 96.3 Å². The summed E-state index contributed by atoms with van der Waals surface area (Å²) in [4.78, 5) is 0. The standard InChI is InChI=1S/C40H24BF5/c42-36-35(37(43)39(45)40(46)38(36)44)41-21-31-29(23-11-3-1-4-12-23)19-25-15-7-9-17-27(25)33(31)34-28-18-10-8-16-26(28)20-30(32(34)22-41)24-13-5-2-6-14-24/h1-20H,21-22H2. The van der Waals surface area contributed by atoms with Crippen molar-refractivity contribution in [2.45, 2.75) is 12.6 Å². The van der Waals surface area contributed by atoms with Crippen molar-refractivity contribution in [3.8, 4) is 33.4 Å². The molecule has 0 fully saturated rings. The molecule has 0 N–H and O–H groups in total. The molecule has 0 aliphatic carbocycles. The minimum atomic E-state index is -2.15. The molecule has 6 heteroatoms. The van der Waals surface area contributed by atoms with Gasteiger partial charge < -0.3 is 0 Å². The van der Waals surface area contributed by atoms with Gasteiger partial charge in [-0.2, -0.15) is 0 Å². The van der Waals surface area contributed by atoms with Gasteiger partial charge in [-0.3, -0.25) is 0 Å². The number of hydrogen-bond donors (Lipinski definition) is 0. The van der Waals surface area contributed by atoms with Gasteiger partial charge in [-0.15, -0.1) is 0 Å². The Balaban J connectivity index is 1.58. The van der Waals surface area contributed by atoms with E-state index in [1.807, 2.05) is 109 Å². The number of rotatable bonds is 3. The van der Waals surface area contributed by atoms with Crippen LogP contribution in [0.5, 0.6) is 0 Å². The van der Waals surface area contributed by atoms with Gasteiger partial charge in [0.1, 0.15) is 0 Å². The number of fused-ring (bicyclic) bond motifs is 7. The molecule has 1 heterocycles. The highest BCUT2D eigenvalue weighted by molar-refractivity contribution is 6.73. The molecule has 0 saturated heterocycles. The quantitative estimate of drug-likeness (QED) is 0.0809. The lowest BCUT2D eigenvalue weighted by atomic mass is 9.38. The monoisotopic (exact) mass is 610 g/mol. The molecule has 1 aliphatic rings. The number of halogens is 5. The van der Waals surface area contributed by atoms with E-state index >= 15 is 8.78 Å². The first-order valence-electron chi connectivity index (χ1n) is 15.1. The summed E-state index contributed by atoms with van der Waals surface area (Å²) in [6.07, 6.45) is 0.111. The van der Waals surface area contributed by atoms with Crippen molar-refractivity contribution in [1.29, 1.82) is 0 Å². The van der Waals surface area contributed by atoms with Crippen LogP contribution in [0.15, 0.2) is 121 Å². The lowest BCUT2D eigenvalue weighted by molar-refractivity contribution is 0.384. The minimum absolute atomic E-state index is 0.0555. The lowest BCUT2D eigenvalue weighted by Crippen LogP contribution is -2.42. The average molecular weight is 610 g/mol. The molecule has 7 aromatic rings. The van der Waals surface area contributed by atoms with Crippen LogP contribution in [-0.2, 0) is 12.6 Å². The summed E-state index contributed by atoms with van der Waals surface area (Å²) in [7, 11) is 0. The van der Waals surface area contributed by atoms with Crippen molar-refractivity contribution in [3.63, 3.8) is 0 Å². The summed E-state index contributed by atoms with van der Waals surface area (Å²) >= 11 is 0. The van der Waals surface area contributed by atoms with Gasteiger partial charge in [0.15, 0.2) is 35.8 Å². The van der Waals surface area contributed by atoms with Gasteiger partial charge in [0.2, 0.25) is 0 Å². The van der Waals surface area contributed by atoms with Gasteiger partial charge in [0.05, 0.1) is 0 Å². The molecule has 222 valence electrons. The average Bonchev–Trinajstić information content (AvgIpc) is 3.28. The summed E-state index contributed by atoms with van der Waals surface area (Å²) in [5, 5.41) is 3.86. The Morgan fingerprint density at radius 1 is 0.413 bits per heavy atom. The van der Waals surface area contributed by atoms with E-state index in [2.05, 4.69) is 12.1 Å². The normalized spacial score (nSPS) is 12.7. The van der Waals surface area contributed by atoms with Crippen molar-refractivity contribution < 1.29 is 22.0 Å². The van der Waals surface area contributed by atoms with Gasteiger partial charge >= 0.3 is 0 Å². The van der Waals surface area contributed by atoms with E-state index < -0.39 is 41.3 Å². The van der Waals surface area contributed by atoms with Crippen molar-refractivity contribution in [3.05, 3.63) is 162 Å². The highest BCUT2D eigenvalue weighted by Crippen LogP contribution is 2.48. The molecule has 46 heavy (non-hydrogen) atoms. The van der Waals surface area contributed by atoms with E-state index in [0.29, 0.717) is 0 Å². The van der Waals surface area contributed by atoms with Crippen LogP contribution >= 0.6 is 0 Å². The molecular weight excluding hydrogens is 586 g/mol. The van der Waals surface area contributed by atoms with Crippen LogP contribution in [0.2, 0.25) is 0 Å². The smallest absolute Gasteiger partial charge is 0.200 e. The molecule has 1 aliphatic heterocycles. The van der Waals surface area contributed by atoms with Crippen molar-refractivity contribution in [2.24, 2.45) is 0 Å². The fraction of sp³-hybridized carbons (Fsp3) is 0.0500. The van der Waals surface area contributed by atoms with E-state index in [1.165, 1.54) is 0 Å². The fourth-order valence-electron chi connectivity index (χ4n) is 7.28. The van der Waals surface area contributed by atoms with E-state index in [-0.39, 0.29) is 12.6 Å². The van der Waals surface area contributed by atoms with Crippen LogP contribution in [0, 0.1) is 29.1 Å². The predicted octanol–water partition coefficient (Wildman–Crippen LogP) is 10.3. The van der Waals surface area contributed by atoms with Gasteiger partial charge in [0, 0.05) is 0 Å². The minimum Gasteiger partial charge on any atom is -0.204 e. The first-order chi connectivity index (χ1) is 22.4. The Hall–Kier alpha value is -5.23. The zero-order valence-electron chi connectivity index (χ0n) is 24.4. The van der Waals surface area contributed by atoms with Crippen LogP contribution in [0.1, 0.15) is 11.1 Å². The molecule has 0 bridgehead atoms. The molecule has 8 rings (SSSR count). The van der Waals surface area contributed by atoms with Gasteiger partial charge in [-0.1, -0.05) is 109 Å². The largest absolute Gasteiger partial charge is 0.204 e. The molecule has 0 amide bonds. The Kier molecular flexibility index (Phi) is 6.75. The van der Waals surface area contributed by atoms with Crippen molar-refractivity contribution >= 4 is 33.7 Å². The van der Waals surface area contributed by atoms with Crippen LogP contribution in [0.25, 0.3) is 54.9 Å². The maximum atomic E-state index is 15.7. The zero-order chi connectivity index (χ0) is 31.5. The molecule has 0 radical (unpaired) electrons. The Morgan fingerprint density at radius 2 is 0.783 bits per heavy atom. The fourth-order valence-corrected chi connectivity index (χ4v) is 7.28. The molecule has 0 nitrogen and oxygen atoms in total. The zero-order valence-corrected chi connectivity index (χ0v) is 24.4. The Morgan fingerprint density at radius 3 is 1.22 bits per heavy atom. The van der Waals surface area contributed by atoms with E-state index in [4.69, 9.17) is 0 Å². The summed E-state index contributed by atoms with van der Waals surface area (Å²) < 4.78 is 75.3.